The zero-order valence-corrected chi connectivity index (χ0v) is 11.6. The summed E-state index contributed by atoms with van der Waals surface area (Å²) < 4.78 is 22.9. The van der Waals surface area contributed by atoms with Gasteiger partial charge in [-0.1, -0.05) is 0 Å². The number of sulfone groups is 1. The van der Waals surface area contributed by atoms with Crippen molar-refractivity contribution in [1.82, 2.24) is 14.9 Å². The van der Waals surface area contributed by atoms with Gasteiger partial charge in [-0.3, -0.25) is 0 Å². The van der Waals surface area contributed by atoms with Crippen LogP contribution in [0.1, 0.15) is 5.82 Å². The molecular weight excluding hydrogens is 250 g/mol. The highest BCUT2D eigenvalue weighted by Gasteiger charge is 2.10. The number of nitrogens with one attached hydrogen (secondary N) is 1. The van der Waals surface area contributed by atoms with Crippen molar-refractivity contribution in [1.29, 1.82) is 0 Å². The molecule has 98 valence electrons. The van der Waals surface area contributed by atoms with Gasteiger partial charge in [0.1, 0.15) is 5.82 Å². The Balaban J connectivity index is 2.34. The van der Waals surface area contributed by atoms with Crippen molar-refractivity contribution >= 4 is 20.9 Å². The first-order chi connectivity index (χ1) is 8.36. The molecule has 0 fully saturated rings. The second kappa shape index (κ2) is 4.70. The van der Waals surface area contributed by atoms with Crippen LogP contribution in [0.2, 0.25) is 0 Å². The minimum Gasteiger partial charge on any atom is -0.342 e. The molecule has 6 heteroatoms. The molecule has 5 nitrogen and oxygen atoms in total. The van der Waals surface area contributed by atoms with Gasteiger partial charge in [-0.05, 0) is 32.3 Å². The first kappa shape index (κ1) is 13.0. The van der Waals surface area contributed by atoms with Gasteiger partial charge in [-0.25, -0.2) is 13.4 Å². The molecule has 0 aliphatic rings. The van der Waals surface area contributed by atoms with E-state index in [4.69, 9.17) is 0 Å². The third-order valence-corrected chi connectivity index (χ3v) is 3.84. The topological polar surface area (TPSA) is 66.1 Å². The minimum atomic E-state index is -3.17. The fourth-order valence-corrected chi connectivity index (χ4v) is 2.37. The van der Waals surface area contributed by atoms with Crippen molar-refractivity contribution < 1.29 is 8.42 Å². The summed E-state index contributed by atoms with van der Waals surface area (Å²) in [6, 6.07) is 4.96. The van der Waals surface area contributed by atoms with E-state index < -0.39 is 9.84 Å². The Kier molecular flexibility index (Phi) is 3.41. The summed E-state index contributed by atoms with van der Waals surface area (Å²) in [4.78, 5) is 9.99. The van der Waals surface area contributed by atoms with Gasteiger partial charge in [0.2, 0.25) is 0 Å². The summed E-state index contributed by atoms with van der Waals surface area (Å²) in [7, 11) is 0.842. The fourth-order valence-electron chi connectivity index (χ4n) is 1.72. The molecule has 0 bridgehead atoms. The van der Waals surface area contributed by atoms with Gasteiger partial charge < -0.3 is 9.88 Å². The van der Waals surface area contributed by atoms with Crippen LogP contribution in [0.3, 0.4) is 0 Å². The van der Waals surface area contributed by atoms with Gasteiger partial charge in [0.15, 0.2) is 9.84 Å². The average molecular weight is 267 g/mol. The lowest BCUT2D eigenvalue weighted by atomic mass is 10.3. The number of benzene rings is 1. The quantitative estimate of drug-likeness (QED) is 0.900. The molecule has 2 rings (SSSR count). The zero-order valence-electron chi connectivity index (χ0n) is 10.8. The molecule has 1 heterocycles. The maximum absolute atomic E-state index is 11.5. The molecule has 1 N–H and O–H groups in total. The van der Waals surface area contributed by atoms with Crippen molar-refractivity contribution in [2.24, 2.45) is 0 Å². The molecule has 1 aromatic heterocycles. The Bertz CT molecular complexity index is 659. The number of hydrogen-bond donors (Lipinski definition) is 1. The second-order valence-corrected chi connectivity index (χ2v) is 6.70. The van der Waals surface area contributed by atoms with Gasteiger partial charge in [-0.2, -0.15) is 0 Å². The molecule has 0 amide bonds. The zero-order chi connectivity index (χ0) is 13.3. The third-order valence-electron chi connectivity index (χ3n) is 2.73. The van der Waals surface area contributed by atoms with Crippen LogP contribution in [0.4, 0.5) is 0 Å². The van der Waals surface area contributed by atoms with E-state index in [0.29, 0.717) is 4.90 Å². The molecule has 0 saturated heterocycles. The van der Waals surface area contributed by atoms with Crippen LogP contribution < -0.4 is 0 Å². The first-order valence-electron chi connectivity index (χ1n) is 5.70. The number of aromatic amines is 1. The molecular formula is C12H17N3O2S. The highest BCUT2D eigenvalue weighted by atomic mass is 32.2. The third kappa shape index (κ3) is 2.88. The van der Waals surface area contributed by atoms with Crippen LogP contribution in [0.25, 0.3) is 11.0 Å². The maximum atomic E-state index is 11.5. The van der Waals surface area contributed by atoms with Gasteiger partial charge in [0.25, 0.3) is 0 Å². The summed E-state index contributed by atoms with van der Waals surface area (Å²) in [5, 5.41) is 0. The van der Waals surface area contributed by atoms with Gasteiger partial charge in [0, 0.05) is 19.2 Å². The van der Waals surface area contributed by atoms with Gasteiger partial charge in [0.05, 0.1) is 15.9 Å². The Labute approximate surface area is 107 Å². The number of imidazole rings is 1. The lowest BCUT2D eigenvalue weighted by Crippen LogP contribution is -2.15. The first-order valence-corrected chi connectivity index (χ1v) is 7.59. The molecule has 0 spiro atoms. The molecule has 0 saturated carbocycles. The van der Waals surface area contributed by atoms with E-state index in [-0.39, 0.29) is 0 Å². The van der Waals surface area contributed by atoms with E-state index in [2.05, 4.69) is 14.9 Å². The summed E-state index contributed by atoms with van der Waals surface area (Å²) in [6.45, 7) is 0.902. The minimum absolute atomic E-state index is 0.317. The van der Waals surface area contributed by atoms with E-state index in [0.717, 1.165) is 29.8 Å². The number of nitrogens with zero attached hydrogens (tertiary/aromatic N) is 2. The number of likely N-dealkylation sites (N-methyl/N-ethyl adjacent to an activating group) is 1. The van der Waals surface area contributed by atoms with Crippen LogP contribution in [-0.2, 0) is 16.3 Å². The number of rotatable bonds is 4. The van der Waals surface area contributed by atoms with Crippen molar-refractivity contribution in [2.75, 3.05) is 26.9 Å². The predicted molar refractivity (Wildman–Crippen MR) is 71.5 cm³/mol. The summed E-state index contributed by atoms with van der Waals surface area (Å²) in [5.74, 6) is 0.879. The van der Waals surface area contributed by atoms with Crippen LogP contribution in [0.5, 0.6) is 0 Å². The standard InChI is InChI=1S/C12H17N3O2S/c1-15(2)7-6-12-13-10-5-4-9(18(3,16)17)8-11(10)14-12/h4-5,8H,6-7H2,1-3H3,(H,13,14). The largest absolute Gasteiger partial charge is 0.342 e. The molecule has 0 atom stereocenters. The Hall–Kier alpha value is -1.40. The van der Waals surface area contributed by atoms with Crippen LogP contribution >= 0.6 is 0 Å². The van der Waals surface area contributed by atoms with Gasteiger partial charge in [-0.15, -0.1) is 0 Å². The summed E-state index contributed by atoms with van der Waals surface area (Å²) >= 11 is 0. The van der Waals surface area contributed by atoms with Crippen molar-refractivity contribution in [2.45, 2.75) is 11.3 Å². The predicted octanol–water partition coefficient (Wildman–Crippen LogP) is 1.07. The molecule has 18 heavy (non-hydrogen) atoms. The fraction of sp³-hybridized carbons (Fsp3) is 0.417. The van der Waals surface area contributed by atoms with Crippen molar-refractivity contribution in [3.8, 4) is 0 Å². The van der Waals surface area contributed by atoms with Crippen LogP contribution in [0, 0.1) is 0 Å². The molecule has 0 radical (unpaired) electrons. The molecule has 1 aromatic carbocycles. The molecule has 0 unspecified atom stereocenters. The average Bonchev–Trinajstić information content (AvgIpc) is 2.66. The smallest absolute Gasteiger partial charge is 0.175 e. The van der Waals surface area contributed by atoms with E-state index in [1.807, 2.05) is 14.1 Å². The monoisotopic (exact) mass is 267 g/mol. The number of H-pyrrole nitrogens is 1. The highest BCUT2D eigenvalue weighted by Crippen LogP contribution is 2.17. The van der Waals surface area contributed by atoms with Gasteiger partial charge >= 0.3 is 0 Å². The van der Waals surface area contributed by atoms with E-state index in [9.17, 15) is 8.42 Å². The molecule has 0 aliphatic heterocycles. The summed E-state index contributed by atoms with van der Waals surface area (Å²) in [6.07, 6.45) is 2.02. The molecule has 0 aliphatic carbocycles. The Morgan fingerprint density at radius 3 is 2.67 bits per heavy atom. The number of aromatic nitrogens is 2. The van der Waals surface area contributed by atoms with E-state index >= 15 is 0 Å². The number of fused-ring (bicyclic) bond motifs is 1. The Morgan fingerprint density at radius 1 is 1.33 bits per heavy atom. The normalized spacial score (nSPS) is 12.4. The van der Waals surface area contributed by atoms with Crippen LogP contribution in [-0.4, -0.2) is 50.2 Å². The van der Waals surface area contributed by atoms with Crippen molar-refractivity contribution in [3.63, 3.8) is 0 Å². The van der Waals surface area contributed by atoms with E-state index in [1.165, 1.54) is 6.26 Å². The lowest BCUT2D eigenvalue weighted by Gasteiger charge is -2.06. The maximum Gasteiger partial charge on any atom is 0.175 e. The second-order valence-electron chi connectivity index (χ2n) is 4.69. The van der Waals surface area contributed by atoms with Crippen molar-refractivity contribution in [3.05, 3.63) is 24.0 Å². The van der Waals surface area contributed by atoms with Crippen LogP contribution in [0.15, 0.2) is 23.1 Å². The Morgan fingerprint density at radius 2 is 2.06 bits per heavy atom. The lowest BCUT2D eigenvalue weighted by molar-refractivity contribution is 0.410. The highest BCUT2D eigenvalue weighted by molar-refractivity contribution is 7.90. The molecule has 2 aromatic rings. The van der Waals surface area contributed by atoms with E-state index in [1.54, 1.807) is 18.2 Å². The summed E-state index contributed by atoms with van der Waals surface area (Å²) in [5.41, 5.74) is 1.57. The SMILES string of the molecule is CN(C)CCc1nc2ccc(S(C)(=O)=O)cc2[nH]1. The number of hydrogen-bond acceptors (Lipinski definition) is 4.